The minimum Gasteiger partial charge on any atom is -0.490 e. The average Bonchev–Trinajstić information content (AvgIpc) is 2.51. The van der Waals surface area contributed by atoms with Gasteiger partial charge in [-0.05, 0) is 29.2 Å². The molecule has 0 unspecified atom stereocenters. The Morgan fingerprint density at radius 3 is 2.46 bits per heavy atom. The van der Waals surface area contributed by atoms with Gasteiger partial charge in [-0.25, -0.2) is 8.78 Å². The maximum Gasteiger partial charge on any atom is 0.167 e. The van der Waals surface area contributed by atoms with E-state index in [1.165, 1.54) is 6.07 Å². The average molecular weight is 336 g/mol. The third-order valence-electron chi connectivity index (χ3n) is 3.39. The van der Waals surface area contributed by atoms with Gasteiger partial charge < -0.3 is 15.2 Å². The van der Waals surface area contributed by atoms with E-state index in [-0.39, 0.29) is 24.4 Å². The summed E-state index contributed by atoms with van der Waals surface area (Å²) in [6, 6.07) is 4.58. The number of rotatable bonds is 6. The molecule has 0 spiro atoms. The molecule has 0 radical (unpaired) electrons. The van der Waals surface area contributed by atoms with Crippen LogP contribution in [0, 0.1) is 11.6 Å². The fourth-order valence-corrected chi connectivity index (χ4v) is 1.95. The van der Waals surface area contributed by atoms with Crippen LogP contribution in [0.2, 0.25) is 0 Å². The first kappa shape index (κ1) is 18.1. The second-order valence-electron chi connectivity index (χ2n) is 6.62. The van der Waals surface area contributed by atoms with Crippen LogP contribution in [-0.4, -0.2) is 24.2 Å². The number of hydrogen-bond donors (Lipinski definition) is 1. The summed E-state index contributed by atoms with van der Waals surface area (Å²) in [5.41, 5.74) is 6.93. The van der Waals surface area contributed by atoms with E-state index in [0.717, 1.165) is 17.7 Å². The van der Waals surface area contributed by atoms with Crippen LogP contribution in [0.3, 0.4) is 0 Å². The summed E-state index contributed by atoms with van der Waals surface area (Å²) in [4.78, 5) is 4.16. The van der Waals surface area contributed by atoms with Gasteiger partial charge in [0, 0.05) is 12.3 Å². The zero-order valence-electron chi connectivity index (χ0n) is 14.1. The van der Waals surface area contributed by atoms with E-state index < -0.39 is 17.7 Å². The Bertz CT molecular complexity index is 687. The van der Waals surface area contributed by atoms with Crippen molar-refractivity contribution in [2.24, 2.45) is 5.73 Å². The van der Waals surface area contributed by atoms with Gasteiger partial charge in [-0.15, -0.1) is 0 Å². The van der Waals surface area contributed by atoms with Crippen LogP contribution < -0.4 is 15.2 Å². The number of nitrogens with two attached hydrogens (primary N) is 1. The summed E-state index contributed by atoms with van der Waals surface area (Å²) < 4.78 is 37.2. The first-order chi connectivity index (χ1) is 11.3. The lowest BCUT2D eigenvalue weighted by Gasteiger charge is -2.20. The van der Waals surface area contributed by atoms with Gasteiger partial charge in [0.1, 0.15) is 24.8 Å². The minimum atomic E-state index is -0.759. The van der Waals surface area contributed by atoms with Crippen molar-refractivity contribution < 1.29 is 18.3 Å². The van der Waals surface area contributed by atoms with Crippen LogP contribution >= 0.6 is 0 Å². The second-order valence-corrected chi connectivity index (χ2v) is 6.62. The summed E-state index contributed by atoms with van der Waals surface area (Å²) in [7, 11) is 0. The first-order valence-corrected chi connectivity index (χ1v) is 7.67. The normalized spacial score (nSPS) is 12.8. The van der Waals surface area contributed by atoms with E-state index >= 15 is 0 Å². The van der Waals surface area contributed by atoms with Gasteiger partial charge in [-0.3, -0.25) is 4.98 Å². The summed E-state index contributed by atoms with van der Waals surface area (Å²) >= 11 is 0. The Morgan fingerprint density at radius 1 is 1.08 bits per heavy atom. The Balaban J connectivity index is 1.86. The fourth-order valence-electron chi connectivity index (χ4n) is 1.95. The van der Waals surface area contributed by atoms with Crippen molar-refractivity contribution in [3.63, 3.8) is 0 Å². The molecule has 1 aromatic heterocycles. The first-order valence-electron chi connectivity index (χ1n) is 7.67. The molecule has 4 nitrogen and oxygen atoms in total. The molecular formula is C18H22F2N2O2. The maximum absolute atomic E-state index is 13.5. The Morgan fingerprint density at radius 2 is 1.79 bits per heavy atom. The molecule has 2 aromatic rings. The van der Waals surface area contributed by atoms with Crippen LogP contribution in [0.4, 0.5) is 8.78 Å². The van der Waals surface area contributed by atoms with Crippen molar-refractivity contribution in [3.8, 4) is 11.5 Å². The van der Waals surface area contributed by atoms with E-state index in [4.69, 9.17) is 15.2 Å². The molecule has 2 N–H and O–H groups in total. The molecule has 0 aliphatic rings. The largest absolute Gasteiger partial charge is 0.490 e. The monoisotopic (exact) mass is 336 g/mol. The van der Waals surface area contributed by atoms with Crippen molar-refractivity contribution in [1.29, 1.82) is 0 Å². The SMILES string of the molecule is CC(C)(C)c1cncc(OC[C@@H](N)COc2ccc(F)cc2F)c1. The highest BCUT2D eigenvalue weighted by Crippen LogP contribution is 2.24. The molecule has 6 heteroatoms. The number of pyridine rings is 1. The molecule has 0 saturated carbocycles. The summed E-state index contributed by atoms with van der Waals surface area (Å²) in [5.74, 6) is -0.835. The molecule has 0 aliphatic heterocycles. The smallest absolute Gasteiger partial charge is 0.167 e. The van der Waals surface area contributed by atoms with Gasteiger partial charge in [0.2, 0.25) is 0 Å². The molecule has 24 heavy (non-hydrogen) atoms. The number of halogens is 2. The molecule has 1 aromatic carbocycles. The molecule has 0 bridgehead atoms. The second kappa shape index (κ2) is 7.57. The van der Waals surface area contributed by atoms with Crippen molar-refractivity contribution >= 4 is 0 Å². The lowest BCUT2D eigenvalue weighted by Crippen LogP contribution is -2.34. The number of aromatic nitrogens is 1. The topological polar surface area (TPSA) is 57.4 Å². The van der Waals surface area contributed by atoms with Crippen LogP contribution in [0.15, 0.2) is 36.7 Å². The van der Waals surface area contributed by atoms with Gasteiger partial charge in [0.25, 0.3) is 0 Å². The van der Waals surface area contributed by atoms with Gasteiger partial charge in [-0.2, -0.15) is 0 Å². The van der Waals surface area contributed by atoms with Crippen molar-refractivity contribution in [2.45, 2.75) is 32.2 Å². The zero-order valence-corrected chi connectivity index (χ0v) is 14.1. The third-order valence-corrected chi connectivity index (χ3v) is 3.39. The van der Waals surface area contributed by atoms with E-state index in [1.54, 1.807) is 12.4 Å². The van der Waals surface area contributed by atoms with Crippen LogP contribution in [0.1, 0.15) is 26.3 Å². The Hall–Kier alpha value is -2.21. The predicted octanol–water partition coefficient (Wildman–Crippen LogP) is 3.44. The lowest BCUT2D eigenvalue weighted by molar-refractivity contribution is 0.214. The molecule has 0 amide bonds. The molecular weight excluding hydrogens is 314 g/mol. The number of hydrogen-bond acceptors (Lipinski definition) is 4. The highest BCUT2D eigenvalue weighted by molar-refractivity contribution is 5.28. The van der Waals surface area contributed by atoms with Crippen molar-refractivity contribution in [1.82, 2.24) is 4.98 Å². The summed E-state index contributed by atoms with van der Waals surface area (Å²) in [5, 5.41) is 0. The van der Waals surface area contributed by atoms with Gasteiger partial charge in [0.15, 0.2) is 11.6 Å². The zero-order chi connectivity index (χ0) is 17.7. The highest BCUT2D eigenvalue weighted by Gasteiger charge is 2.15. The number of ether oxygens (including phenoxy) is 2. The van der Waals surface area contributed by atoms with Gasteiger partial charge in [0.05, 0.1) is 12.2 Å². The Kier molecular flexibility index (Phi) is 5.72. The highest BCUT2D eigenvalue weighted by atomic mass is 19.1. The Labute approximate surface area is 140 Å². The predicted molar refractivity (Wildman–Crippen MR) is 88.3 cm³/mol. The third kappa shape index (κ3) is 5.16. The van der Waals surface area contributed by atoms with Crippen molar-refractivity contribution in [2.75, 3.05) is 13.2 Å². The van der Waals surface area contributed by atoms with Gasteiger partial charge in [-0.1, -0.05) is 20.8 Å². The number of nitrogens with zero attached hydrogens (tertiary/aromatic N) is 1. The molecule has 1 heterocycles. The standard InChI is InChI=1S/C18H22F2N2O2/c1-18(2,3)12-6-15(9-22-8-12)23-10-14(21)11-24-17-5-4-13(19)7-16(17)20/h4-9,14H,10-11,21H2,1-3H3/t14-/m1/s1. The fraction of sp³-hybridized carbons (Fsp3) is 0.389. The van der Waals surface area contributed by atoms with Crippen LogP contribution in [-0.2, 0) is 5.41 Å². The lowest BCUT2D eigenvalue weighted by atomic mass is 9.88. The minimum absolute atomic E-state index is 0.0301. The van der Waals surface area contributed by atoms with Crippen molar-refractivity contribution in [3.05, 3.63) is 53.9 Å². The quantitative estimate of drug-likeness (QED) is 0.878. The molecule has 0 aliphatic carbocycles. The van der Waals surface area contributed by atoms with E-state index in [1.807, 2.05) is 6.07 Å². The van der Waals surface area contributed by atoms with Crippen LogP contribution in [0.5, 0.6) is 11.5 Å². The molecule has 130 valence electrons. The summed E-state index contributed by atoms with van der Waals surface area (Å²) in [6.07, 6.45) is 3.41. The molecule has 1 atom stereocenters. The van der Waals surface area contributed by atoms with E-state index in [2.05, 4.69) is 25.8 Å². The van der Waals surface area contributed by atoms with Crippen LogP contribution in [0.25, 0.3) is 0 Å². The maximum atomic E-state index is 13.5. The van der Waals surface area contributed by atoms with Gasteiger partial charge >= 0.3 is 0 Å². The molecule has 0 fully saturated rings. The van der Waals surface area contributed by atoms with E-state index in [9.17, 15) is 8.78 Å². The van der Waals surface area contributed by atoms with E-state index in [0.29, 0.717) is 5.75 Å². The molecule has 0 saturated heterocycles. The number of benzene rings is 1. The molecule has 2 rings (SSSR count). The summed E-state index contributed by atoms with van der Waals surface area (Å²) in [6.45, 7) is 6.51.